The summed E-state index contributed by atoms with van der Waals surface area (Å²) in [6.07, 6.45) is 1.45. The number of benzene rings is 3. The number of nitrogens with one attached hydrogen (secondary N) is 1. The lowest BCUT2D eigenvalue weighted by Gasteiger charge is -2.03. The second-order valence-corrected chi connectivity index (χ2v) is 5.47. The van der Waals surface area contributed by atoms with Gasteiger partial charge in [0.2, 0.25) is 5.91 Å². The molecule has 6 nitrogen and oxygen atoms in total. The highest BCUT2D eigenvalue weighted by Crippen LogP contribution is 2.16. The zero-order valence-corrected chi connectivity index (χ0v) is 13.3. The van der Waals surface area contributed by atoms with Gasteiger partial charge in [-0.3, -0.25) is 14.9 Å². The third-order valence-corrected chi connectivity index (χ3v) is 3.70. The molecule has 0 heterocycles. The van der Waals surface area contributed by atoms with E-state index >= 15 is 0 Å². The molecule has 0 atom stereocenters. The highest BCUT2D eigenvalue weighted by Gasteiger charge is 2.10. The fraction of sp³-hybridized carbons (Fsp3) is 0.0526. The SMILES string of the molecule is O=C(Cc1ccc2ccccc2c1)N/N=C\c1ccccc1[N+](=O)[O-]. The molecular formula is C19H15N3O3. The lowest BCUT2D eigenvalue weighted by atomic mass is 10.1. The molecule has 3 rings (SSSR count). The summed E-state index contributed by atoms with van der Waals surface area (Å²) in [6.45, 7) is 0. The Balaban J connectivity index is 1.65. The highest BCUT2D eigenvalue weighted by atomic mass is 16.6. The Labute approximate surface area is 143 Å². The van der Waals surface area contributed by atoms with E-state index in [1.807, 2.05) is 42.5 Å². The standard InChI is InChI=1S/C19H15N3O3/c23-19(12-14-9-10-15-5-1-2-6-16(15)11-14)21-20-13-17-7-3-4-8-18(17)22(24)25/h1-11,13H,12H2,(H,21,23)/b20-13-. The van der Waals surface area contributed by atoms with Crippen molar-refractivity contribution in [2.24, 2.45) is 5.10 Å². The lowest BCUT2D eigenvalue weighted by Crippen LogP contribution is -2.19. The first kappa shape index (κ1) is 16.3. The summed E-state index contributed by atoms with van der Waals surface area (Å²) in [5.74, 6) is -0.287. The molecule has 1 N–H and O–H groups in total. The molecule has 0 saturated carbocycles. The van der Waals surface area contributed by atoms with Crippen molar-refractivity contribution >= 4 is 28.6 Å². The zero-order valence-electron chi connectivity index (χ0n) is 13.3. The van der Waals surface area contributed by atoms with Crippen molar-refractivity contribution in [1.29, 1.82) is 0 Å². The van der Waals surface area contributed by atoms with E-state index in [-0.39, 0.29) is 18.0 Å². The fourth-order valence-corrected chi connectivity index (χ4v) is 2.51. The predicted molar refractivity (Wildman–Crippen MR) is 96.5 cm³/mol. The van der Waals surface area contributed by atoms with Crippen LogP contribution in [0.5, 0.6) is 0 Å². The monoisotopic (exact) mass is 333 g/mol. The topological polar surface area (TPSA) is 84.6 Å². The minimum absolute atomic E-state index is 0.0602. The number of carbonyl (C=O) groups excluding carboxylic acids is 1. The maximum Gasteiger partial charge on any atom is 0.278 e. The van der Waals surface area contributed by atoms with Gasteiger partial charge in [0, 0.05) is 6.07 Å². The lowest BCUT2D eigenvalue weighted by molar-refractivity contribution is -0.385. The number of carbonyl (C=O) groups is 1. The van der Waals surface area contributed by atoms with Crippen molar-refractivity contribution in [1.82, 2.24) is 5.43 Å². The maximum atomic E-state index is 12.0. The molecule has 0 aliphatic carbocycles. The molecule has 0 bridgehead atoms. The molecule has 0 aromatic heterocycles. The van der Waals surface area contributed by atoms with Gasteiger partial charge in [0.05, 0.1) is 23.1 Å². The van der Waals surface area contributed by atoms with Crippen LogP contribution in [0, 0.1) is 10.1 Å². The van der Waals surface area contributed by atoms with E-state index in [1.165, 1.54) is 12.3 Å². The second kappa shape index (κ2) is 7.35. The zero-order chi connectivity index (χ0) is 17.6. The van der Waals surface area contributed by atoms with Crippen LogP contribution in [0.1, 0.15) is 11.1 Å². The second-order valence-electron chi connectivity index (χ2n) is 5.47. The van der Waals surface area contributed by atoms with Gasteiger partial charge in [-0.25, -0.2) is 5.43 Å². The van der Waals surface area contributed by atoms with Crippen LogP contribution >= 0.6 is 0 Å². The Bertz CT molecular complexity index is 967. The van der Waals surface area contributed by atoms with E-state index in [9.17, 15) is 14.9 Å². The minimum atomic E-state index is -0.488. The molecule has 25 heavy (non-hydrogen) atoms. The Morgan fingerprint density at radius 2 is 1.76 bits per heavy atom. The Hall–Kier alpha value is -3.54. The molecule has 3 aromatic carbocycles. The van der Waals surface area contributed by atoms with Crippen LogP contribution in [0.2, 0.25) is 0 Å². The first-order valence-electron chi connectivity index (χ1n) is 7.66. The Morgan fingerprint density at radius 1 is 1.04 bits per heavy atom. The first-order valence-corrected chi connectivity index (χ1v) is 7.66. The minimum Gasteiger partial charge on any atom is -0.273 e. The van der Waals surface area contributed by atoms with E-state index in [2.05, 4.69) is 10.5 Å². The highest BCUT2D eigenvalue weighted by molar-refractivity contribution is 5.88. The molecule has 0 aliphatic heterocycles. The number of hydrazone groups is 1. The molecule has 0 radical (unpaired) electrons. The van der Waals surface area contributed by atoms with Crippen LogP contribution in [0.25, 0.3) is 10.8 Å². The Kier molecular flexibility index (Phi) is 4.80. The number of hydrogen-bond donors (Lipinski definition) is 1. The van der Waals surface area contributed by atoms with E-state index in [1.54, 1.807) is 18.2 Å². The van der Waals surface area contributed by atoms with Gasteiger partial charge in [0.15, 0.2) is 0 Å². The quantitative estimate of drug-likeness (QED) is 0.441. The summed E-state index contributed by atoms with van der Waals surface area (Å²) < 4.78 is 0. The van der Waals surface area contributed by atoms with Gasteiger partial charge < -0.3 is 0 Å². The summed E-state index contributed by atoms with van der Waals surface area (Å²) in [6, 6.07) is 19.9. The molecule has 0 unspecified atom stereocenters. The van der Waals surface area contributed by atoms with Crippen molar-refractivity contribution in [3.63, 3.8) is 0 Å². The molecule has 124 valence electrons. The van der Waals surface area contributed by atoms with Crippen LogP contribution in [0.4, 0.5) is 5.69 Å². The van der Waals surface area contributed by atoms with E-state index < -0.39 is 4.92 Å². The number of rotatable bonds is 5. The fourth-order valence-electron chi connectivity index (χ4n) is 2.51. The largest absolute Gasteiger partial charge is 0.278 e. The van der Waals surface area contributed by atoms with Crippen LogP contribution < -0.4 is 5.43 Å². The summed E-state index contributed by atoms with van der Waals surface area (Å²) in [7, 11) is 0. The number of nitro benzene ring substituents is 1. The molecule has 0 aliphatic rings. The van der Waals surface area contributed by atoms with E-state index in [0.717, 1.165) is 16.3 Å². The normalized spacial score (nSPS) is 10.9. The number of amides is 1. The molecule has 3 aromatic rings. The number of fused-ring (bicyclic) bond motifs is 1. The van der Waals surface area contributed by atoms with E-state index in [0.29, 0.717) is 5.56 Å². The Morgan fingerprint density at radius 3 is 2.56 bits per heavy atom. The number of nitro groups is 1. The van der Waals surface area contributed by atoms with Gasteiger partial charge in [-0.15, -0.1) is 0 Å². The molecule has 0 spiro atoms. The number of para-hydroxylation sites is 1. The van der Waals surface area contributed by atoms with Crippen molar-refractivity contribution in [3.8, 4) is 0 Å². The average molecular weight is 333 g/mol. The summed E-state index contributed by atoms with van der Waals surface area (Å²) >= 11 is 0. The summed E-state index contributed by atoms with van der Waals surface area (Å²) in [5.41, 5.74) is 3.55. The van der Waals surface area contributed by atoms with Crippen molar-refractivity contribution < 1.29 is 9.72 Å². The third-order valence-electron chi connectivity index (χ3n) is 3.70. The molecule has 6 heteroatoms. The van der Waals surface area contributed by atoms with Crippen LogP contribution in [-0.4, -0.2) is 17.0 Å². The van der Waals surface area contributed by atoms with Crippen molar-refractivity contribution in [2.45, 2.75) is 6.42 Å². The molecule has 0 saturated heterocycles. The van der Waals surface area contributed by atoms with Crippen molar-refractivity contribution in [2.75, 3.05) is 0 Å². The predicted octanol–water partition coefficient (Wildman–Crippen LogP) is 3.44. The van der Waals surface area contributed by atoms with Crippen LogP contribution in [-0.2, 0) is 11.2 Å². The first-order chi connectivity index (χ1) is 12.1. The van der Waals surface area contributed by atoms with Gasteiger partial charge >= 0.3 is 0 Å². The number of hydrogen-bond acceptors (Lipinski definition) is 4. The number of nitrogens with zero attached hydrogens (tertiary/aromatic N) is 2. The van der Waals surface area contributed by atoms with Crippen LogP contribution in [0.15, 0.2) is 71.8 Å². The molecule has 1 amide bonds. The van der Waals surface area contributed by atoms with Gasteiger partial charge in [-0.05, 0) is 22.4 Å². The van der Waals surface area contributed by atoms with Gasteiger partial charge in [-0.1, -0.05) is 54.6 Å². The van der Waals surface area contributed by atoms with Crippen LogP contribution in [0.3, 0.4) is 0 Å². The maximum absolute atomic E-state index is 12.0. The summed E-state index contributed by atoms with van der Waals surface area (Å²) in [5, 5.41) is 16.9. The molecular weight excluding hydrogens is 318 g/mol. The summed E-state index contributed by atoms with van der Waals surface area (Å²) in [4.78, 5) is 22.4. The smallest absolute Gasteiger partial charge is 0.273 e. The van der Waals surface area contributed by atoms with Gasteiger partial charge in [0.25, 0.3) is 5.69 Å². The van der Waals surface area contributed by atoms with Crippen molar-refractivity contribution in [3.05, 3.63) is 88.0 Å². The van der Waals surface area contributed by atoms with Gasteiger partial charge in [-0.2, -0.15) is 5.10 Å². The molecule has 0 fully saturated rings. The third kappa shape index (κ3) is 4.06. The van der Waals surface area contributed by atoms with E-state index in [4.69, 9.17) is 0 Å². The average Bonchev–Trinajstić information content (AvgIpc) is 2.62. The van der Waals surface area contributed by atoms with Gasteiger partial charge in [0.1, 0.15) is 0 Å².